The van der Waals surface area contributed by atoms with Crippen LogP contribution in [-0.2, 0) is 13.5 Å². The Morgan fingerprint density at radius 1 is 1.35 bits per heavy atom. The van der Waals surface area contributed by atoms with E-state index in [0.717, 1.165) is 35.8 Å². The van der Waals surface area contributed by atoms with E-state index in [-0.39, 0.29) is 28.0 Å². The number of hydrogen-bond donors (Lipinski definition) is 1. The van der Waals surface area contributed by atoms with Gasteiger partial charge in [0.25, 0.3) is 0 Å². The molecule has 1 fully saturated rings. The second kappa shape index (κ2) is 6.25. The predicted molar refractivity (Wildman–Crippen MR) is 98.9 cm³/mol. The summed E-state index contributed by atoms with van der Waals surface area (Å²) in [5, 5.41) is 9.95. The Hall–Kier alpha value is -2.11. The van der Waals surface area contributed by atoms with Gasteiger partial charge in [-0.1, -0.05) is 23.2 Å². The van der Waals surface area contributed by atoms with Crippen LogP contribution in [0.3, 0.4) is 0 Å². The van der Waals surface area contributed by atoms with Crippen LogP contribution in [0.4, 0.5) is 4.39 Å². The number of carboxylic acids is 1. The summed E-state index contributed by atoms with van der Waals surface area (Å²) in [5.41, 5.74) is 2.92. The van der Waals surface area contributed by atoms with Crippen LogP contribution in [0.2, 0.25) is 10.2 Å². The van der Waals surface area contributed by atoms with Crippen LogP contribution >= 0.6 is 23.2 Å². The van der Waals surface area contributed by atoms with E-state index in [9.17, 15) is 14.3 Å². The van der Waals surface area contributed by atoms with E-state index in [1.165, 1.54) is 0 Å². The summed E-state index contributed by atoms with van der Waals surface area (Å²) in [4.78, 5) is 15.2. The lowest BCUT2D eigenvalue weighted by atomic mass is 10.1. The molecule has 1 saturated carbocycles. The molecular weight excluding hydrogens is 378 g/mol. The van der Waals surface area contributed by atoms with Gasteiger partial charge in [-0.2, -0.15) is 0 Å². The summed E-state index contributed by atoms with van der Waals surface area (Å²) in [7, 11) is 1.85. The van der Waals surface area contributed by atoms with E-state index in [4.69, 9.17) is 23.2 Å². The summed E-state index contributed by atoms with van der Waals surface area (Å²) in [5.74, 6) is -0.967. The third-order valence-electron chi connectivity index (χ3n) is 4.93. The highest BCUT2D eigenvalue weighted by atomic mass is 35.5. The van der Waals surface area contributed by atoms with Crippen molar-refractivity contribution in [2.45, 2.75) is 25.2 Å². The molecule has 4 nitrogen and oxygen atoms in total. The topological polar surface area (TPSA) is 55.1 Å². The molecule has 2 heterocycles. The number of rotatable bonds is 4. The number of aryl methyl sites for hydroxylation is 1. The molecule has 0 bridgehead atoms. The predicted octanol–water partition coefficient (Wildman–Crippen LogP) is 5.19. The first-order valence-corrected chi connectivity index (χ1v) is 8.96. The molecule has 3 aromatic rings. The van der Waals surface area contributed by atoms with Gasteiger partial charge >= 0.3 is 5.97 Å². The molecule has 1 aromatic carbocycles. The van der Waals surface area contributed by atoms with Gasteiger partial charge in [-0.05, 0) is 42.5 Å². The van der Waals surface area contributed by atoms with Crippen LogP contribution in [0.15, 0.2) is 24.4 Å². The number of pyridine rings is 1. The number of aromatic carboxylic acids is 1. The van der Waals surface area contributed by atoms with E-state index in [0.29, 0.717) is 16.9 Å². The van der Waals surface area contributed by atoms with Crippen LogP contribution in [-0.4, -0.2) is 20.6 Å². The number of aromatic nitrogens is 2. The van der Waals surface area contributed by atoms with Crippen molar-refractivity contribution < 1.29 is 14.3 Å². The Morgan fingerprint density at radius 2 is 2.08 bits per heavy atom. The monoisotopic (exact) mass is 392 g/mol. The minimum Gasteiger partial charge on any atom is -0.478 e. The molecule has 2 aromatic heterocycles. The van der Waals surface area contributed by atoms with Crippen molar-refractivity contribution in [2.75, 3.05) is 0 Å². The van der Waals surface area contributed by atoms with Crippen LogP contribution in [0.5, 0.6) is 0 Å². The van der Waals surface area contributed by atoms with Gasteiger partial charge in [0.2, 0.25) is 0 Å². The van der Waals surface area contributed by atoms with Crippen molar-refractivity contribution in [2.24, 2.45) is 7.05 Å². The number of halogens is 3. The lowest BCUT2D eigenvalue weighted by Crippen LogP contribution is -2.05. The summed E-state index contributed by atoms with van der Waals surface area (Å²) in [6.07, 6.45) is 3.59. The van der Waals surface area contributed by atoms with Gasteiger partial charge in [0.15, 0.2) is 0 Å². The molecule has 26 heavy (non-hydrogen) atoms. The Kier molecular flexibility index (Phi) is 4.16. The van der Waals surface area contributed by atoms with Gasteiger partial charge in [-0.3, -0.25) is 0 Å². The molecule has 1 aliphatic rings. The molecule has 0 atom stereocenters. The summed E-state index contributed by atoms with van der Waals surface area (Å²) in [6, 6.07) is 5.38. The lowest BCUT2D eigenvalue weighted by Gasteiger charge is -2.10. The first-order valence-electron chi connectivity index (χ1n) is 8.20. The van der Waals surface area contributed by atoms with E-state index < -0.39 is 5.97 Å². The van der Waals surface area contributed by atoms with Gasteiger partial charge in [-0.25, -0.2) is 14.2 Å². The zero-order chi connectivity index (χ0) is 18.6. The highest BCUT2D eigenvalue weighted by Gasteiger charge is 2.26. The lowest BCUT2D eigenvalue weighted by molar-refractivity contribution is 0.0696. The van der Waals surface area contributed by atoms with Crippen molar-refractivity contribution in [3.05, 3.63) is 62.8 Å². The normalized spacial score (nSPS) is 14.2. The fourth-order valence-corrected chi connectivity index (χ4v) is 3.82. The highest BCUT2D eigenvalue weighted by Crippen LogP contribution is 2.42. The summed E-state index contributed by atoms with van der Waals surface area (Å²) >= 11 is 12.4. The molecule has 0 unspecified atom stereocenters. The van der Waals surface area contributed by atoms with E-state index >= 15 is 0 Å². The average Bonchev–Trinajstić information content (AvgIpc) is 3.38. The van der Waals surface area contributed by atoms with Gasteiger partial charge in [0, 0.05) is 36.3 Å². The maximum absolute atomic E-state index is 14.5. The number of nitrogens with zero attached hydrogens (tertiary/aromatic N) is 2. The summed E-state index contributed by atoms with van der Waals surface area (Å²) in [6.45, 7) is 0. The minimum atomic E-state index is -1.17. The Balaban J connectivity index is 1.81. The number of fused-ring (bicyclic) bond motifs is 1. The van der Waals surface area contributed by atoms with Crippen molar-refractivity contribution in [1.82, 2.24) is 9.55 Å². The first-order chi connectivity index (χ1) is 12.4. The maximum Gasteiger partial charge on any atom is 0.338 e. The van der Waals surface area contributed by atoms with Crippen molar-refractivity contribution in [3.8, 4) is 0 Å². The van der Waals surface area contributed by atoms with Crippen LogP contribution in [0.25, 0.3) is 10.9 Å². The molecule has 7 heteroatoms. The van der Waals surface area contributed by atoms with Crippen molar-refractivity contribution in [3.63, 3.8) is 0 Å². The number of benzene rings is 1. The van der Waals surface area contributed by atoms with E-state index in [1.807, 2.05) is 17.7 Å². The molecule has 0 aliphatic heterocycles. The molecule has 0 spiro atoms. The second-order valence-corrected chi connectivity index (χ2v) is 7.38. The molecule has 4 rings (SSSR count). The Bertz CT molecular complexity index is 1060. The smallest absolute Gasteiger partial charge is 0.338 e. The zero-order valence-corrected chi connectivity index (χ0v) is 15.4. The zero-order valence-electron chi connectivity index (χ0n) is 13.9. The van der Waals surface area contributed by atoms with Crippen LogP contribution in [0.1, 0.15) is 45.9 Å². The molecular formula is C19H15Cl2FN2O2. The quantitative estimate of drug-likeness (QED) is 0.621. The van der Waals surface area contributed by atoms with Gasteiger partial charge in [0.1, 0.15) is 11.0 Å². The summed E-state index contributed by atoms with van der Waals surface area (Å²) < 4.78 is 16.4. The molecule has 1 N–H and O–H groups in total. The average molecular weight is 393 g/mol. The van der Waals surface area contributed by atoms with Crippen molar-refractivity contribution in [1.29, 1.82) is 0 Å². The SMILES string of the molecule is Cn1c(Cc2c(Cl)ncc(C(=O)O)c2Cl)cc2c(F)cc(C3CC3)cc21. The third kappa shape index (κ3) is 2.85. The Labute approximate surface area is 159 Å². The van der Waals surface area contributed by atoms with Crippen molar-refractivity contribution >= 4 is 40.1 Å². The number of hydrogen-bond acceptors (Lipinski definition) is 2. The van der Waals surface area contributed by atoms with E-state index in [2.05, 4.69) is 4.98 Å². The molecule has 134 valence electrons. The van der Waals surface area contributed by atoms with Gasteiger partial charge in [-0.15, -0.1) is 0 Å². The fourth-order valence-electron chi connectivity index (χ4n) is 3.27. The Morgan fingerprint density at radius 3 is 2.73 bits per heavy atom. The molecule has 1 aliphatic carbocycles. The standard InChI is InChI=1S/C19H15Cl2FN2O2/c1-24-11(7-13-17(20)14(19(25)26)8-23-18(13)21)6-12-15(22)4-10(5-16(12)24)9-2-3-9/h4-6,8-9H,2-3,7H2,1H3,(H,25,26). The highest BCUT2D eigenvalue weighted by molar-refractivity contribution is 6.37. The number of carbonyl (C=O) groups is 1. The third-order valence-corrected chi connectivity index (χ3v) is 5.69. The van der Waals surface area contributed by atoms with E-state index in [1.54, 1.807) is 12.1 Å². The van der Waals surface area contributed by atoms with Gasteiger partial charge in [0.05, 0.1) is 16.1 Å². The van der Waals surface area contributed by atoms with Gasteiger partial charge < -0.3 is 9.67 Å². The second-order valence-electron chi connectivity index (χ2n) is 6.64. The first kappa shape index (κ1) is 17.3. The molecule has 0 saturated heterocycles. The number of carboxylic acid groups (broad SMARTS) is 1. The largest absolute Gasteiger partial charge is 0.478 e. The molecule has 0 amide bonds. The maximum atomic E-state index is 14.5. The van der Waals surface area contributed by atoms with Crippen LogP contribution in [0, 0.1) is 5.82 Å². The fraction of sp³-hybridized carbons (Fsp3) is 0.263. The van der Waals surface area contributed by atoms with Crippen LogP contribution < -0.4 is 0 Å². The minimum absolute atomic E-state index is 0.0573. The molecule has 0 radical (unpaired) electrons.